The van der Waals surface area contributed by atoms with Crippen molar-refractivity contribution in [3.8, 4) is 0 Å². The standard InChI is InChI=1S/C11H14ClNO3/c1-2-8(6-14)13-10-4-3-7(12)5-9(10)11(15)16/h3-5,8,13-14H,2,6H2,1H3,(H,15,16). The summed E-state index contributed by atoms with van der Waals surface area (Å²) in [6.45, 7) is 1.86. The Bertz CT molecular complexity index is 377. The maximum absolute atomic E-state index is 11.0. The van der Waals surface area contributed by atoms with Crippen LogP contribution in [-0.4, -0.2) is 28.8 Å². The molecule has 1 rings (SSSR count). The maximum Gasteiger partial charge on any atom is 0.337 e. The quantitative estimate of drug-likeness (QED) is 0.742. The Hall–Kier alpha value is -1.26. The van der Waals surface area contributed by atoms with Crippen molar-refractivity contribution < 1.29 is 15.0 Å². The highest BCUT2D eigenvalue weighted by molar-refractivity contribution is 6.31. The zero-order valence-electron chi connectivity index (χ0n) is 8.90. The first kappa shape index (κ1) is 12.8. The Kier molecular flexibility index (Phi) is 4.58. The number of aliphatic hydroxyl groups excluding tert-OH is 1. The molecule has 0 fully saturated rings. The van der Waals surface area contributed by atoms with Gasteiger partial charge in [0.25, 0.3) is 0 Å². The molecule has 0 saturated carbocycles. The molecule has 0 aliphatic rings. The fourth-order valence-corrected chi connectivity index (χ4v) is 1.49. The van der Waals surface area contributed by atoms with Crippen molar-refractivity contribution in [3.05, 3.63) is 28.8 Å². The lowest BCUT2D eigenvalue weighted by Gasteiger charge is -2.17. The van der Waals surface area contributed by atoms with E-state index in [4.69, 9.17) is 21.8 Å². The third-order valence-corrected chi connectivity index (χ3v) is 2.52. The molecule has 1 aromatic rings. The summed E-state index contributed by atoms with van der Waals surface area (Å²) in [4.78, 5) is 11.0. The van der Waals surface area contributed by atoms with Crippen LogP contribution >= 0.6 is 11.6 Å². The Morgan fingerprint density at radius 3 is 2.75 bits per heavy atom. The molecule has 16 heavy (non-hydrogen) atoms. The van der Waals surface area contributed by atoms with Crippen LogP contribution in [0.25, 0.3) is 0 Å². The van der Waals surface area contributed by atoms with Crippen LogP contribution in [0.5, 0.6) is 0 Å². The number of aliphatic hydroxyl groups is 1. The molecule has 3 N–H and O–H groups in total. The number of carboxylic acids is 1. The minimum Gasteiger partial charge on any atom is -0.478 e. The molecule has 1 atom stereocenters. The predicted octanol–water partition coefficient (Wildman–Crippen LogP) is 2.22. The van der Waals surface area contributed by atoms with Crippen molar-refractivity contribution in [2.45, 2.75) is 19.4 Å². The molecule has 0 bridgehead atoms. The zero-order valence-corrected chi connectivity index (χ0v) is 9.66. The van der Waals surface area contributed by atoms with Crippen molar-refractivity contribution in [1.82, 2.24) is 0 Å². The van der Waals surface area contributed by atoms with Crippen LogP contribution in [0.1, 0.15) is 23.7 Å². The lowest BCUT2D eigenvalue weighted by molar-refractivity contribution is 0.0697. The highest BCUT2D eigenvalue weighted by Crippen LogP contribution is 2.21. The third kappa shape index (κ3) is 3.12. The molecule has 0 amide bonds. The van der Waals surface area contributed by atoms with Gasteiger partial charge in [-0.25, -0.2) is 4.79 Å². The molecule has 4 nitrogen and oxygen atoms in total. The van der Waals surface area contributed by atoms with E-state index in [-0.39, 0.29) is 18.2 Å². The molecule has 1 unspecified atom stereocenters. The second-order valence-corrected chi connectivity index (χ2v) is 3.86. The molecule has 0 heterocycles. The second kappa shape index (κ2) is 5.72. The monoisotopic (exact) mass is 243 g/mol. The summed E-state index contributed by atoms with van der Waals surface area (Å²) in [6.07, 6.45) is 0.707. The van der Waals surface area contributed by atoms with Crippen LogP contribution in [0.2, 0.25) is 5.02 Å². The first-order valence-corrected chi connectivity index (χ1v) is 5.36. The van der Waals surface area contributed by atoms with Crippen LogP contribution in [-0.2, 0) is 0 Å². The summed E-state index contributed by atoms with van der Waals surface area (Å²) < 4.78 is 0. The van der Waals surface area contributed by atoms with Crippen molar-refractivity contribution in [2.75, 3.05) is 11.9 Å². The third-order valence-electron chi connectivity index (χ3n) is 2.28. The molecular weight excluding hydrogens is 230 g/mol. The first-order chi connectivity index (χ1) is 7.58. The second-order valence-electron chi connectivity index (χ2n) is 3.43. The first-order valence-electron chi connectivity index (χ1n) is 4.98. The molecule has 0 aliphatic heterocycles. The molecule has 0 aromatic heterocycles. The average Bonchev–Trinajstić information content (AvgIpc) is 2.27. The van der Waals surface area contributed by atoms with E-state index in [9.17, 15) is 4.79 Å². The predicted molar refractivity (Wildman–Crippen MR) is 63.2 cm³/mol. The van der Waals surface area contributed by atoms with Crippen molar-refractivity contribution in [3.63, 3.8) is 0 Å². The van der Waals surface area contributed by atoms with E-state index < -0.39 is 5.97 Å². The van der Waals surface area contributed by atoms with Gasteiger partial charge in [0.15, 0.2) is 0 Å². The number of nitrogens with one attached hydrogen (secondary N) is 1. The normalized spacial score (nSPS) is 12.2. The number of carboxylic acid groups (broad SMARTS) is 1. The van der Waals surface area contributed by atoms with Crippen molar-refractivity contribution in [2.24, 2.45) is 0 Å². The van der Waals surface area contributed by atoms with Crippen LogP contribution in [0.15, 0.2) is 18.2 Å². The van der Waals surface area contributed by atoms with Gasteiger partial charge in [-0.1, -0.05) is 18.5 Å². The van der Waals surface area contributed by atoms with Gasteiger partial charge >= 0.3 is 5.97 Å². The summed E-state index contributed by atoms with van der Waals surface area (Å²) in [6, 6.07) is 4.44. The van der Waals surface area contributed by atoms with Gasteiger partial charge in [0.2, 0.25) is 0 Å². The van der Waals surface area contributed by atoms with E-state index in [1.807, 2.05) is 6.92 Å². The Morgan fingerprint density at radius 1 is 1.56 bits per heavy atom. The van der Waals surface area contributed by atoms with E-state index in [1.165, 1.54) is 6.07 Å². The summed E-state index contributed by atoms with van der Waals surface area (Å²) in [5, 5.41) is 21.4. The van der Waals surface area contributed by atoms with Gasteiger partial charge in [0, 0.05) is 16.8 Å². The highest BCUT2D eigenvalue weighted by atomic mass is 35.5. The van der Waals surface area contributed by atoms with Gasteiger partial charge in [0.05, 0.1) is 12.2 Å². The van der Waals surface area contributed by atoms with Gasteiger partial charge in [-0.15, -0.1) is 0 Å². The summed E-state index contributed by atoms with van der Waals surface area (Å²) in [5.74, 6) is -1.04. The largest absolute Gasteiger partial charge is 0.478 e. The summed E-state index contributed by atoms with van der Waals surface area (Å²) in [5.41, 5.74) is 0.581. The van der Waals surface area contributed by atoms with Gasteiger partial charge in [0.1, 0.15) is 0 Å². The number of hydrogen-bond acceptors (Lipinski definition) is 3. The molecule has 1 aromatic carbocycles. The molecule has 0 saturated heterocycles. The maximum atomic E-state index is 11.0. The number of rotatable bonds is 5. The number of halogens is 1. The lowest BCUT2D eigenvalue weighted by atomic mass is 10.1. The Labute approximate surface area is 98.9 Å². The number of carbonyl (C=O) groups is 1. The number of aromatic carboxylic acids is 1. The molecule has 0 radical (unpaired) electrons. The zero-order chi connectivity index (χ0) is 12.1. The minimum absolute atomic E-state index is 0.0435. The SMILES string of the molecule is CCC(CO)Nc1ccc(Cl)cc1C(=O)O. The van der Waals surface area contributed by atoms with Crippen LogP contribution in [0.3, 0.4) is 0 Å². The molecule has 5 heteroatoms. The fraction of sp³-hybridized carbons (Fsp3) is 0.364. The van der Waals surface area contributed by atoms with Crippen LogP contribution in [0.4, 0.5) is 5.69 Å². The average molecular weight is 244 g/mol. The van der Waals surface area contributed by atoms with Gasteiger partial charge < -0.3 is 15.5 Å². The van der Waals surface area contributed by atoms with E-state index in [0.29, 0.717) is 17.1 Å². The van der Waals surface area contributed by atoms with E-state index in [1.54, 1.807) is 12.1 Å². The molecular formula is C11H14ClNO3. The van der Waals surface area contributed by atoms with Crippen LogP contribution in [0, 0.1) is 0 Å². The number of anilines is 1. The summed E-state index contributed by atoms with van der Waals surface area (Å²) in [7, 11) is 0. The summed E-state index contributed by atoms with van der Waals surface area (Å²) >= 11 is 5.72. The number of benzene rings is 1. The number of hydrogen-bond donors (Lipinski definition) is 3. The van der Waals surface area contributed by atoms with Gasteiger partial charge in [-0.2, -0.15) is 0 Å². The minimum atomic E-state index is -1.04. The smallest absolute Gasteiger partial charge is 0.337 e. The Morgan fingerprint density at radius 2 is 2.25 bits per heavy atom. The van der Waals surface area contributed by atoms with Gasteiger partial charge in [-0.05, 0) is 24.6 Å². The molecule has 0 aliphatic carbocycles. The topological polar surface area (TPSA) is 69.6 Å². The fourth-order valence-electron chi connectivity index (χ4n) is 1.32. The molecule has 0 spiro atoms. The highest BCUT2D eigenvalue weighted by Gasteiger charge is 2.13. The van der Waals surface area contributed by atoms with Gasteiger partial charge in [-0.3, -0.25) is 0 Å². The van der Waals surface area contributed by atoms with Crippen molar-refractivity contribution in [1.29, 1.82) is 0 Å². The van der Waals surface area contributed by atoms with E-state index in [0.717, 1.165) is 0 Å². The van der Waals surface area contributed by atoms with Crippen LogP contribution < -0.4 is 5.32 Å². The van der Waals surface area contributed by atoms with Crippen molar-refractivity contribution >= 4 is 23.3 Å². The molecule has 88 valence electrons. The van der Waals surface area contributed by atoms with E-state index >= 15 is 0 Å². The lowest BCUT2D eigenvalue weighted by Crippen LogP contribution is -2.23. The van der Waals surface area contributed by atoms with E-state index in [2.05, 4.69) is 5.32 Å². The Balaban J connectivity index is 2.98.